The lowest BCUT2D eigenvalue weighted by atomic mass is 10.1. The Morgan fingerprint density at radius 3 is 2.73 bits per heavy atom. The van der Waals surface area contributed by atoms with E-state index in [-0.39, 0.29) is 17.5 Å². The third-order valence-electron chi connectivity index (χ3n) is 4.08. The zero-order chi connectivity index (χ0) is 18.5. The van der Waals surface area contributed by atoms with E-state index in [1.54, 1.807) is 37.4 Å². The minimum absolute atomic E-state index is 0.152. The molecule has 26 heavy (non-hydrogen) atoms. The minimum Gasteiger partial charge on any atom is -0.496 e. The van der Waals surface area contributed by atoms with E-state index in [2.05, 4.69) is 5.32 Å². The molecule has 5 heteroatoms. The molecule has 3 aromatic rings. The molecule has 2 aromatic carbocycles. The Bertz CT molecular complexity index is 917. The number of benzene rings is 2. The van der Waals surface area contributed by atoms with Crippen LogP contribution < -0.4 is 10.1 Å². The molecule has 0 aliphatic heterocycles. The SMILES string of the molecule is COc1ccc(C)cc1CCNC(=O)c1ccc(-c2ccccc2F)o1. The molecule has 0 saturated carbocycles. The van der Waals surface area contributed by atoms with E-state index in [9.17, 15) is 9.18 Å². The fourth-order valence-electron chi connectivity index (χ4n) is 2.77. The van der Waals surface area contributed by atoms with Crippen LogP contribution >= 0.6 is 0 Å². The summed E-state index contributed by atoms with van der Waals surface area (Å²) in [4.78, 5) is 12.3. The average Bonchev–Trinajstić information content (AvgIpc) is 3.12. The predicted molar refractivity (Wildman–Crippen MR) is 97.9 cm³/mol. The first-order chi connectivity index (χ1) is 12.6. The fraction of sp³-hybridized carbons (Fsp3) is 0.190. The zero-order valence-electron chi connectivity index (χ0n) is 14.7. The van der Waals surface area contributed by atoms with Crippen molar-refractivity contribution in [3.8, 4) is 17.1 Å². The number of hydrogen-bond donors (Lipinski definition) is 1. The van der Waals surface area contributed by atoms with E-state index in [4.69, 9.17) is 9.15 Å². The molecule has 0 bridgehead atoms. The van der Waals surface area contributed by atoms with Gasteiger partial charge in [0.2, 0.25) is 0 Å². The first kappa shape index (κ1) is 17.7. The van der Waals surface area contributed by atoms with E-state index in [0.29, 0.717) is 24.3 Å². The number of hydrogen-bond acceptors (Lipinski definition) is 3. The first-order valence-electron chi connectivity index (χ1n) is 8.35. The molecule has 0 aliphatic rings. The van der Waals surface area contributed by atoms with Gasteiger partial charge in [0, 0.05) is 6.54 Å². The Kier molecular flexibility index (Phi) is 5.37. The van der Waals surface area contributed by atoms with Gasteiger partial charge in [-0.1, -0.05) is 29.8 Å². The molecule has 0 unspecified atom stereocenters. The van der Waals surface area contributed by atoms with Crippen molar-refractivity contribution in [3.05, 3.63) is 77.3 Å². The number of methoxy groups -OCH3 is 1. The van der Waals surface area contributed by atoms with E-state index in [1.165, 1.54) is 6.07 Å². The maximum Gasteiger partial charge on any atom is 0.287 e. The van der Waals surface area contributed by atoms with Gasteiger partial charge in [-0.15, -0.1) is 0 Å². The quantitative estimate of drug-likeness (QED) is 0.716. The number of amides is 1. The fourth-order valence-corrected chi connectivity index (χ4v) is 2.77. The van der Waals surface area contributed by atoms with Crippen LogP contribution in [-0.2, 0) is 6.42 Å². The highest BCUT2D eigenvalue weighted by Gasteiger charge is 2.14. The van der Waals surface area contributed by atoms with Gasteiger partial charge in [0.15, 0.2) is 5.76 Å². The third kappa shape index (κ3) is 3.94. The van der Waals surface area contributed by atoms with Crippen molar-refractivity contribution >= 4 is 5.91 Å². The van der Waals surface area contributed by atoms with Crippen molar-refractivity contribution in [2.75, 3.05) is 13.7 Å². The van der Waals surface area contributed by atoms with Crippen LogP contribution in [-0.4, -0.2) is 19.6 Å². The van der Waals surface area contributed by atoms with Gasteiger partial charge >= 0.3 is 0 Å². The molecule has 1 N–H and O–H groups in total. The van der Waals surface area contributed by atoms with Crippen molar-refractivity contribution < 1.29 is 18.3 Å². The van der Waals surface area contributed by atoms with Crippen LogP contribution in [0.25, 0.3) is 11.3 Å². The van der Waals surface area contributed by atoms with E-state index in [1.807, 2.05) is 25.1 Å². The lowest BCUT2D eigenvalue weighted by Gasteiger charge is -2.10. The summed E-state index contributed by atoms with van der Waals surface area (Å²) in [6.07, 6.45) is 0.636. The van der Waals surface area contributed by atoms with Gasteiger partial charge in [-0.25, -0.2) is 4.39 Å². The van der Waals surface area contributed by atoms with E-state index >= 15 is 0 Å². The van der Waals surface area contributed by atoms with Crippen molar-refractivity contribution in [2.45, 2.75) is 13.3 Å². The molecular weight excluding hydrogens is 333 g/mol. The van der Waals surface area contributed by atoms with Crippen LogP contribution in [0.5, 0.6) is 5.75 Å². The second-order valence-corrected chi connectivity index (χ2v) is 5.96. The summed E-state index contributed by atoms with van der Waals surface area (Å²) in [5.41, 5.74) is 2.49. The van der Waals surface area contributed by atoms with Crippen molar-refractivity contribution in [1.82, 2.24) is 5.32 Å². The Morgan fingerprint density at radius 1 is 1.15 bits per heavy atom. The number of halogens is 1. The summed E-state index contributed by atoms with van der Waals surface area (Å²) in [6, 6.07) is 15.4. The van der Waals surface area contributed by atoms with Crippen molar-refractivity contribution in [2.24, 2.45) is 0 Å². The minimum atomic E-state index is -0.389. The van der Waals surface area contributed by atoms with Gasteiger partial charge in [0.05, 0.1) is 12.7 Å². The second-order valence-electron chi connectivity index (χ2n) is 5.96. The van der Waals surface area contributed by atoms with Crippen LogP contribution in [0.2, 0.25) is 0 Å². The summed E-state index contributed by atoms with van der Waals surface area (Å²) < 4.78 is 24.6. The molecule has 3 rings (SSSR count). The van der Waals surface area contributed by atoms with Gasteiger partial charge in [-0.05, 0) is 49.2 Å². The third-order valence-corrected chi connectivity index (χ3v) is 4.08. The smallest absolute Gasteiger partial charge is 0.287 e. The number of aryl methyl sites for hydroxylation is 1. The van der Waals surface area contributed by atoms with Gasteiger partial charge in [-0.2, -0.15) is 0 Å². The molecule has 4 nitrogen and oxygen atoms in total. The molecule has 0 aliphatic carbocycles. The summed E-state index contributed by atoms with van der Waals surface area (Å²) in [5.74, 6) is 0.553. The summed E-state index contributed by atoms with van der Waals surface area (Å²) in [5, 5.41) is 2.82. The average molecular weight is 353 g/mol. The standard InChI is InChI=1S/C21H20FNO3/c1-14-7-8-18(25-2)15(13-14)11-12-23-21(24)20-10-9-19(26-20)16-5-3-4-6-17(16)22/h3-10,13H,11-12H2,1-2H3,(H,23,24). The zero-order valence-corrected chi connectivity index (χ0v) is 14.7. The molecule has 0 spiro atoms. The molecule has 134 valence electrons. The van der Waals surface area contributed by atoms with Crippen LogP contribution in [0.1, 0.15) is 21.7 Å². The second kappa shape index (κ2) is 7.87. The van der Waals surface area contributed by atoms with Gasteiger partial charge in [0.25, 0.3) is 5.91 Å². The topological polar surface area (TPSA) is 51.5 Å². The van der Waals surface area contributed by atoms with Crippen LogP contribution in [0.3, 0.4) is 0 Å². The van der Waals surface area contributed by atoms with Crippen LogP contribution in [0.15, 0.2) is 59.0 Å². The number of nitrogens with one attached hydrogen (secondary N) is 1. The molecular formula is C21H20FNO3. The van der Waals surface area contributed by atoms with Crippen molar-refractivity contribution in [1.29, 1.82) is 0 Å². The molecule has 0 fully saturated rings. The van der Waals surface area contributed by atoms with Crippen LogP contribution in [0.4, 0.5) is 4.39 Å². The summed E-state index contributed by atoms with van der Waals surface area (Å²) in [7, 11) is 1.62. The lowest BCUT2D eigenvalue weighted by Crippen LogP contribution is -2.25. The van der Waals surface area contributed by atoms with Gasteiger partial charge in [0.1, 0.15) is 17.3 Å². The molecule has 0 radical (unpaired) electrons. The Labute approximate surface area is 151 Å². The summed E-state index contributed by atoms with van der Waals surface area (Å²) in [6.45, 7) is 2.45. The first-order valence-corrected chi connectivity index (χ1v) is 8.35. The number of carbonyl (C=O) groups is 1. The Hall–Kier alpha value is -3.08. The maximum atomic E-state index is 13.8. The predicted octanol–water partition coefficient (Wildman–Crippen LogP) is 4.38. The molecule has 1 aromatic heterocycles. The Morgan fingerprint density at radius 2 is 1.96 bits per heavy atom. The van der Waals surface area contributed by atoms with Gasteiger partial charge < -0.3 is 14.5 Å². The lowest BCUT2D eigenvalue weighted by molar-refractivity contribution is 0.0927. The van der Waals surface area contributed by atoms with E-state index in [0.717, 1.165) is 16.9 Å². The highest BCUT2D eigenvalue weighted by molar-refractivity contribution is 5.92. The normalized spacial score (nSPS) is 10.6. The summed E-state index contributed by atoms with van der Waals surface area (Å²) >= 11 is 0. The molecule has 0 atom stereocenters. The number of rotatable bonds is 6. The molecule has 1 amide bonds. The monoisotopic (exact) mass is 353 g/mol. The van der Waals surface area contributed by atoms with E-state index < -0.39 is 0 Å². The number of furan rings is 1. The molecule has 0 saturated heterocycles. The van der Waals surface area contributed by atoms with Crippen molar-refractivity contribution in [3.63, 3.8) is 0 Å². The van der Waals surface area contributed by atoms with Gasteiger partial charge in [-0.3, -0.25) is 4.79 Å². The largest absolute Gasteiger partial charge is 0.496 e. The maximum absolute atomic E-state index is 13.8. The van der Waals surface area contributed by atoms with Crippen LogP contribution in [0, 0.1) is 12.7 Å². The highest BCUT2D eigenvalue weighted by atomic mass is 19.1. The number of ether oxygens (including phenoxy) is 1. The highest BCUT2D eigenvalue weighted by Crippen LogP contribution is 2.25. The molecule has 1 heterocycles. The Balaban J connectivity index is 1.63. The number of carbonyl (C=O) groups excluding carboxylic acids is 1.